The zero-order valence-corrected chi connectivity index (χ0v) is 22.7. The van der Waals surface area contributed by atoms with Gasteiger partial charge in [-0.1, -0.05) is 52.0 Å². The summed E-state index contributed by atoms with van der Waals surface area (Å²) in [5.74, 6) is 2.10. The number of fused-ring (bicyclic) bond motifs is 1. The van der Waals surface area contributed by atoms with E-state index in [0.29, 0.717) is 56.2 Å². The second-order valence-corrected chi connectivity index (χ2v) is 10.9. The molecule has 8 nitrogen and oxygen atoms in total. The highest BCUT2D eigenvalue weighted by atomic mass is 16.2. The van der Waals surface area contributed by atoms with Gasteiger partial charge in [0.2, 0.25) is 11.9 Å². The van der Waals surface area contributed by atoms with Crippen LogP contribution in [-0.4, -0.2) is 63.8 Å². The molecule has 3 heterocycles. The number of aromatic nitrogens is 2. The summed E-state index contributed by atoms with van der Waals surface area (Å²) in [6.07, 6.45) is 0. The Morgan fingerprint density at radius 1 is 0.917 bits per heavy atom. The van der Waals surface area contributed by atoms with Crippen LogP contribution in [0, 0.1) is 5.92 Å². The number of nitrogens with one attached hydrogen (secondary N) is 1. The summed E-state index contributed by atoms with van der Waals surface area (Å²) in [5.41, 5.74) is 3.87. The molecule has 0 bridgehead atoms. The van der Waals surface area contributed by atoms with E-state index in [4.69, 9.17) is 9.97 Å². The van der Waals surface area contributed by atoms with Crippen LogP contribution in [0.4, 0.5) is 11.8 Å². The predicted molar refractivity (Wildman–Crippen MR) is 143 cm³/mol. The first-order chi connectivity index (χ1) is 17.1. The highest BCUT2D eigenvalue weighted by Gasteiger charge is 2.36. The molecule has 2 aliphatic heterocycles. The Morgan fingerprint density at radius 3 is 2.06 bits per heavy atom. The third-order valence-corrected chi connectivity index (χ3v) is 7.34. The standard InChI is InChI=1S/C28H40N6O2/c1-17(2)21-8-10-22(11-9-21)24(18(3)4)29-26-23-16-34(19(5)6)27(36)25(23)30-28(31-26)33-14-12-32(13-15-33)20(7)35/h8-11,17-19,24H,12-16H2,1-7H3,(H,29,30,31). The summed E-state index contributed by atoms with van der Waals surface area (Å²) in [6.45, 7) is 17.5. The summed E-state index contributed by atoms with van der Waals surface area (Å²) < 4.78 is 0. The van der Waals surface area contributed by atoms with Crippen LogP contribution in [0.1, 0.15) is 87.6 Å². The van der Waals surface area contributed by atoms with Gasteiger partial charge in [-0.15, -0.1) is 0 Å². The molecule has 1 aromatic carbocycles. The first kappa shape index (κ1) is 25.9. The van der Waals surface area contributed by atoms with Crippen molar-refractivity contribution in [2.24, 2.45) is 5.92 Å². The van der Waals surface area contributed by atoms with E-state index < -0.39 is 0 Å². The number of rotatable bonds is 7. The minimum absolute atomic E-state index is 0.0378. The molecule has 1 atom stereocenters. The van der Waals surface area contributed by atoms with E-state index in [1.165, 1.54) is 11.1 Å². The lowest BCUT2D eigenvalue weighted by molar-refractivity contribution is -0.129. The van der Waals surface area contributed by atoms with Gasteiger partial charge in [-0.2, -0.15) is 4.98 Å². The monoisotopic (exact) mass is 492 g/mol. The van der Waals surface area contributed by atoms with Gasteiger partial charge in [0.15, 0.2) is 0 Å². The van der Waals surface area contributed by atoms with Crippen molar-refractivity contribution in [1.82, 2.24) is 19.8 Å². The second-order valence-electron chi connectivity index (χ2n) is 10.9. The third kappa shape index (κ3) is 5.18. The average molecular weight is 493 g/mol. The largest absolute Gasteiger partial charge is 0.363 e. The Kier molecular flexibility index (Phi) is 7.52. The van der Waals surface area contributed by atoms with Gasteiger partial charge < -0.3 is 20.0 Å². The topological polar surface area (TPSA) is 81.7 Å². The van der Waals surface area contributed by atoms with Gasteiger partial charge >= 0.3 is 0 Å². The smallest absolute Gasteiger partial charge is 0.273 e. The lowest BCUT2D eigenvalue weighted by Gasteiger charge is -2.34. The van der Waals surface area contributed by atoms with E-state index in [9.17, 15) is 9.59 Å². The lowest BCUT2D eigenvalue weighted by atomic mass is 9.93. The van der Waals surface area contributed by atoms with Crippen molar-refractivity contribution in [3.05, 3.63) is 46.6 Å². The third-order valence-electron chi connectivity index (χ3n) is 7.34. The van der Waals surface area contributed by atoms with E-state index in [1.54, 1.807) is 6.92 Å². The maximum atomic E-state index is 13.3. The molecule has 0 spiro atoms. The molecular formula is C28H40N6O2. The van der Waals surface area contributed by atoms with Crippen LogP contribution in [-0.2, 0) is 11.3 Å². The van der Waals surface area contributed by atoms with Crippen molar-refractivity contribution in [3.63, 3.8) is 0 Å². The van der Waals surface area contributed by atoms with Crippen LogP contribution >= 0.6 is 0 Å². The van der Waals surface area contributed by atoms with E-state index in [-0.39, 0.29) is 23.9 Å². The lowest BCUT2D eigenvalue weighted by Crippen LogP contribution is -2.48. The van der Waals surface area contributed by atoms with Gasteiger partial charge in [0.25, 0.3) is 5.91 Å². The molecule has 8 heteroatoms. The quantitative estimate of drug-likeness (QED) is 0.615. The molecular weight excluding hydrogens is 452 g/mol. The van der Waals surface area contributed by atoms with Gasteiger partial charge in [-0.25, -0.2) is 4.98 Å². The highest BCUT2D eigenvalue weighted by molar-refractivity contribution is 5.98. The van der Waals surface area contributed by atoms with E-state index in [2.05, 4.69) is 62.2 Å². The zero-order valence-electron chi connectivity index (χ0n) is 22.7. The van der Waals surface area contributed by atoms with Crippen LogP contribution in [0.5, 0.6) is 0 Å². The summed E-state index contributed by atoms with van der Waals surface area (Å²) >= 11 is 0. The molecule has 1 N–H and O–H groups in total. The van der Waals surface area contributed by atoms with Crippen molar-refractivity contribution in [3.8, 4) is 0 Å². The van der Waals surface area contributed by atoms with Gasteiger partial charge in [0, 0.05) is 44.7 Å². The first-order valence-corrected chi connectivity index (χ1v) is 13.2. The molecule has 0 aliphatic carbocycles. The predicted octanol–water partition coefficient (Wildman–Crippen LogP) is 4.44. The van der Waals surface area contributed by atoms with Crippen LogP contribution in [0.3, 0.4) is 0 Å². The van der Waals surface area contributed by atoms with E-state index in [0.717, 1.165) is 11.4 Å². The number of hydrogen-bond donors (Lipinski definition) is 1. The molecule has 0 saturated carbocycles. The minimum atomic E-state index is -0.0449. The second kappa shape index (κ2) is 10.4. The Hall–Kier alpha value is -3.16. The SMILES string of the molecule is CC(=O)N1CCN(c2nc(NC(c3ccc(C(C)C)cc3)C(C)C)c3c(n2)C(=O)N(C(C)C)C3)CC1. The highest BCUT2D eigenvalue weighted by Crippen LogP contribution is 2.34. The molecule has 4 rings (SSSR count). The number of hydrogen-bond acceptors (Lipinski definition) is 6. The number of carbonyl (C=O) groups excluding carboxylic acids is 2. The van der Waals surface area contributed by atoms with Gasteiger partial charge in [-0.3, -0.25) is 9.59 Å². The van der Waals surface area contributed by atoms with Crippen LogP contribution in [0.15, 0.2) is 24.3 Å². The van der Waals surface area contributed by atoms with Crippen LogP contribution < -0.4 is 10.2 Å². The number of amides is 2. The number of anilines is 2. The Morgan fingerprint density at radius 2 is 1.53 bits per heavy atom. The van der Waals surface area contributed by atoms with Crippen molar-refractivity contribution in [1.29, 1.82) is 0 Å². The normalized spacial score (nSPS) is 16.8. The zero-order chi connectivity index (χ0) is 26.1. The maximum Gasteiger partial charge on any atom is 0.273 e. The summed E-state index contributed by atoms with van der Waals surface area (Å²) in [6, 6.07) is 8.91. The molecule has 194 valence electrons. The first-order valence-electron chi connectivity index (χ1n) is 13.2. The fraction of sp³-hybridized carbons (Fsp3) is 0.571. The number of carbonyl (C=O) groups is 2. The molecule has 1 unspecified atom stereocenters. The molecule has 36 heavy (non-hydrogen) atoms. The molecule has 0 radical (unpaired) electrons. The van der Waals surface area contributed by atoms with Crippen molar-refractivity contribution >= 4 is 23.6 Å². The number of nitrogens with zero attached hydrogens (tertiary/aromatic N) is 5. The molecule has 1 fully saturated rings. The molecule has 2 amide bonds. The van der Waals surface area contributed by atoms with Crippen molar-refractivity contribution < 1.29 is 9.59 Å². The fourth-order valence-electron chi connectivity index (χ4n) is 4.95. The fourth-order valence-corrected chi connectivity index (χ4v) is 4.95. The molecule has 1 aromatic heterocycles. The summed E-state index contributed by atoms with van der Waals surface area (Å²) in [5, 5.41) is 3.71. The molecule has 1 saturated heterocycles. The van der Waals surface area contributed by atoms with Crippen molar-refractivity contribution in [2.45, 2.75) is 73.0 Å². The number of piperazine rings is 1. The van der Waals surface area contributed by atoms with Crippen LogP contribution in [0.2, 0.25) is 0 Å². The Labute approximate surface area is 215 Å². The Bertz CT molecular complexity index is 1100. The molecule has 2 aliphatic rings. The van der Waals surface area contributed by atoms with E-state index in [1.807, 2.05) is 23.6 Å². The van der Waals surface area contributed by atoms with Gasteiger partial charge in [0.05, 0.1) is 12.6 Å². The van der Waals surface area contributed by atoms with Crippen LogP contribution in [0.25, 0.3) is 0 Å². The van der Waals surface area contributed by atoms with E-state index >= 15 is 0 Å². The maximum absolute atomic E-state index is 13.3. The summed E-state index contributed by atoms with van der Waals surface area (Å²) in [4.78, 5) is 40.6. The average Bonchev–Trinajstić information content (AvgIpc) is 3.19. The molecule has 2 aromatic rings. The van der Waals surface area contributed by atoms with Crippen molar-refractivity contribution in [2.75, 3.05) is 36.4 Å². The van der Waals surface area contributed by atoms with Gasteiger partial charge in [0.1, 0.15) is 11.5 Å². The Balaban J connectivity index is 1.69. The number of benzene rings is 1. The van der Waals surface area contributed by atoms with Gasteiger partial charge in [-0.05, 0) is 36.8 Å². The minimum Gasteiger partial charge on any atom is -0.363 e. The summed E-state index contributed by atoms with van der Waals surface area (Å²) in [7, 11) is 0.